The first-order valence-corrected chi connectivity index (χ1v) is 30.6. The summed E-state index contributed by atoms with van der Waals surface area (Å²) in [7, 11) is 0. The van der Waals surface area contributed by atoms with Gasteiger partial charge in [-0.15, -0.1) is 0 Å². The summed E-state index contributed by atoms with van der Waals surface area (Å²) >= 11 is 2.10. The molecule has 0 amide bonds. The van der Waals surface area contributed by atoms with Crippen LogP contribution in [0.4, 0.5) is 0 Å². The first-order valence-electron chi connectivity index (χ1n) is 29.0. The van der Waals surface area contributed by atoms with Crippen molar-refractivity contribution in [3.63, 3.8) is 0 Å². The molecule has 1 aromatic rings. The number of fused-ring (bicyclic) bond motifs is 1. The highest BCUT2D eigenvalue weighted by molar-refractivity contribution is 8.24. The summed E-state index contributed by atoms with van der Waals surface area (Å²) in [4.78, 5) is 116. The van der Waals surface area contributed by atoms with Gasteiger partial charge in [0.2, 0.25) is 0 Å². The average Bonchev–Trinajstić information content (AvgIpc) is 4.12. The number of hydrogen-bond donors (Lipinski definition) is 0. The minimum atomic E-state index is -0.799. The van der Waals surface area contributed by atoms with Crippen LogP contribution < -0.4 is 9.47 Å². The molecule has 6 rings (SSSR count). The van der Waals surface area contributed by atoms with Crippen molar-refractivity contribution in [2.45, 2.75) is 172 Å². The molecule has 1 aromatic carbocycles. The van der Waals surface area contributed by atoms with E-state index in [1.807, 2.05) is 33.8 Å². The maximum Gasteiger partial charge on any atom is 0.350 e. The molecule has 0 unspecified atom stereocenters. The van der Waals surface area contributed by atoms with Crippen LogP contribution in [0.3, 0.4) is 0 Å². The SMILES string of the molecule is C=CC(=O)OCC[C@@H](C)COC(=O)C1CCC(C(=O)OC2CCC(C(=O)Oc3ccc(OC(=O)C4CCC(OC(=O)C5CCC(C(=O)OC[C@@H](C)CCOC(=O)C=C)CC5)CC4)c4c3SC(=C(C#N)C(=O)OC[C@H](C)CC)S4)CC2)CC1. The van der Waals surface area contributed by atoms with Gasteiger partial charge in [-0.3, -0.25) is 28.8 Å². The van der Waals surface area contributed by atoms with Gasteiger partial charge in [-0.05, 0) is 145 Å². The Balaban J connectivity index is 0.973. The van der Waals surface area contributed by atoms with E-state index in [0.717, 1.165) is 42.1 Å². The second-order valence-electron chi connectivity index (χ2n) is 22.4. The quantitative estimate of drug-likeness (QED) is 0.0274. The predicted molar refractivity (Wildman–Crippen MR) is 299 cm³/mol. The van der Waals surface area contributed by atoms with Gasteiger partial charge in [-0.25, -0.2) is 14.4 Å². The van der Waals surface area contributed by atoms with Crippen molar-refractivity contribution < 1.29 is 85.8 Å². The zero-order chi connectivity index (χ0) is 59.3. The Kier molecular flexibility index (Phi) is 25.9. The van der Waals surface area contributed by atoms with E-state index in [-0.39, 0.29) is 132 Å². The van der Waals surface area contributed by atoms with Gasteiger partial charge in [0.15, 0.2) is 5.57 Å². The molecule has 3 atom stereocenters. The van der Waals surface area contributed by atoms with Crippen LogP contribution in [0.1, 0.15) is 150 Å². The number of ether oxygens (including phenoxy) is 9. The lowest BCUT2D eigenvalue weighted by molar-refractivity contribution is -0.161. The average molecular weight is 1180 g/mol. The van der Waals surface area contributed by atoms with Crippen molar-refractivity contribution in [1.82, 2.24) is 0 Å². The summed E-state index contributed by atoms with van der Waals surface area (Å²) in [5.74, 6) is -5.98. The highest BCUT2D eigenvalue weighted by atomic mass is 32.2. The fourth-order valence-corrected chi connectivity index (χ4v) is 12.9. The van der Waals surface area contributed by atoms with Crippen LogP contribution >= 0.6 is 23.5 Å². The topological polar surface area (TPSA) is 260 Å². The first-order chi connectivity index (χ1) is 39.4. The molecule has 0 N–H and O–H groups in total. The molecule has 4 fully saturated rings. The predicted octanol–water partition coefficient (Wildman–Crippen LogP) is 10.4. The zero-order valence-corrected chi connectivity index (χ0v) is 49.3. The number of hydrogen-bond acceptors (Lipinski definition) is 21. The monoisotopic (exact) mass is 1180 g/mol. The molecular formula is C61H79NO18S2. The summed E-state index contributed by atoms with van der Waals surface area (Å²) in [6, 6.07) is 5.04. The molecule has 82 heavy (non-hydrogen) atoms. The van der Waals surface area contributed by atoms with Crippen molar-refractivity contribution in [3.05, 3.63) is 47.3 Å². The van der Waals surface area contributed by atoms with E-state index < -0.39 is 41.7 Å². The molecule has 0 saturated heterocycles. The molecule has 0 radical (unpaired) electrons. The lowest BCUT2D eigenvalue weighted by Gasteiger charge is -2.30. The number of thioether (sulfide) groups is 2. The maximum absolute atomic E-state index is 13.8. The van der Waals surface area contributed by atoms with Crippen LogP contribution in [0.15, 0.2) is 57.0 Å². The standard InChI is InChI=1S/C61H79NO18S2/c1-7-36(4)33-76-60(71)47(32-62)61-81-52-48(79-58(69)43-18-22-45(23-19-43)77-56(67)41-14-10-39(11-15-41)54(65)74-34-37(5)28-30-72-50(63)8-2)26-27-49(53(52)82-61)80-59(70)44-20-24-46(25-21-44)78-57(68)42-16-12-40(13-17-42)55(66)75-35-38(6)29-31-73-51(64)9-3/h8-9,26-27,36-46H,2-3,7,10-25,28-31,33-35H2,1,4-6H3/t36-,37-,38+,39?,40?,41?,42?,43?,44?,45?,46?/m1/s1. The van der Waals surface area contributed by atoms with Crippen molar-refractivity contribution in [3.8, 4) is 17.6 Å². The van der Waals surface area contributed by atoms with Crippen molar-refractivity contribution >= 4 is 77.2 Å². The van der Waals surface area contributed by atoms with E-state index in [2.05, 4.69) is 13.2 Å². The number of nitriles is 1. The minimum Gasteiger partial charge on any atom is -0.465 e. The molecule has 0 bridgehead atoms. The van der Waals surface area contributed by atoms with Gasteiger partial charge >= 0.3 is 53.7 Å². The van der Waals surface area contributed by atoms with Crippen molar-refractivity contribution in [1.29, 1.82) is 5.26 Å². The van der Waals surface area contributed by atoms with Gasteiger partial charge in [0.1, 0.15) is 29.8 Å². The van der Waals surface area contributed by atoms with Gasteiger partial charge < -0.3 is 42.6 Å². The number of esters is 9. The van der Waals surface area contributed by atoms with Crippen LogP contribution in [0.5, 0.6) is 11.5 Å². The highest BCUT2D eigenvalue weighted by Crippen LogP contribution is 2.59. The Morgan fingerprint density at radius 3 is 1.21 bits per heavy atom. The second-order valence-corrected chi connectivity index (χ2v) is 24.7. The molecule has 5 aliphatic rings. The number of nitrogens with zero attached hydrogens (tertiary/aromatic N) is 1. The molecule has 0 aromatic heterocycles. The Hall–Kier alpha value is -6.14. The lowest BCUT2D eigenvalue weighted by atomic mass is 9.82. The Bertz CT molecular complexity index is 2390. The number of carbonyl (C=O) groups is 9. The van der Waals surface area contributed by atoms with Crippen LogP contribution in [0.25, 0.3) is 0 Å². The molecule has 1 heterocycles. The normalized spacial score (nSPS) is 24.9. The molecule has 21 heteroatoms. The van der Waals surface area contributed by atoms with E-state index in [1.54, 1.807) is 0 Å². The summed E-state index contributed by atoms with van der Waals surface area (Å²) in [5, 5.41) is 10.2. The molecular weight excluding hydrogens is 1100 g/mol. The van der Waals surface area contributed by atoms with Gasteiger partial charge in [0.25, 0.3) is 0 Å². The molecule has 4 saturated carbocycles. The number of benzene rings is 1. The van der Waals surface area contributed by atoms with Gasteiger partial charge in [-0.1, -0.05) is 70.8 Å². The third-order valence-corrected chi connectivity index (χ3v) is 18.6. The van der Waals surface area contributed by atoms with Crippen molar-refractivity contribution in [2.75, 3.05) is 33.0 Å². The Morgan fingerprint density at radius 2 is 0.854 bits per heavy atom. The van der Waals surface area contributed by atoms with Gasteiger partial charge in [-0.2, -0.15) is 5.26 Å². The van der Waals surface area contributed by atoms with E-state index in [1.165, 1.54) is 12.1 Å². The van der Waals surface area contributed by atoms with E-state index in [4.69, 9.17) is 42.6 Å². The van der Waals surface area contributed by atoms with Crippen molar-refractivity contribution in [2.24, 2.45) is 53.3 Å². The summed E-state index contributed by atoms with van der Waals surface area (Å²) in [6.07, 6.45) is 10.6. The third kappa shape index (κ3) is 19.5. The third-order valence-electron chi connectivity index (χ3n) is 16.0. The molecule has 0 spiro atoms. The Labute approximate surface area is 489 Å². The summed E-state index contributed by atoms with van der Waals surface area (Å²) in [6.45, 7) is 15.4. The van der Waals surface area contributed by atoms with Gasteiger partial charge in [0.05, 0.1) is 82.6 Å². The Morgan fingerprint density at radius 1 is 0.512 bits per heavy atom. The van der Waals surface area contributed by atoms with Crippen LogP contribution in [0.2, 0.25) is 0 Å². The summed E-state index contributed by atoms with van der Waals surface area (Å²) < 4.78 is 50.8. The van der Waals surface area contributed by atoms with E-state index in [9.17, 15) is 48.4 Å². The highest BCUT2D eigenvalue weighted by Gasteiger charge is 2.39. The van der Waals surface area contributed by atoms with E-state index in [0.29, 0.717) is 125 Å². The fourth-order valence-electron chi connectivity index (χ4n) is 10.3. The first kappa shape index (κ1) is 65.0. The molecule has 19 nitrogen and oxygen atoms in total. The molecule has 1 aliphatic heterocycles. The lowest BCUT2D eigenvalue weighted by Crippen LogP contribution is -2.33. The zero-order valence-electron chi connectivity index (χ0n) is 47.7. The largest absolute Gasteiger partial charge is 0.465 e. The van der Waals surface area contributed by atoms with Gasteiger partial charge in [0, 0.05) is 12.2 Å². The van der Waals surface area contributed by atoms with Crippen LogP contribution in [-0.2, 0) is 76.3 Å². The minimum absolute atomic E-state index is 0.000793. The van der Waals surface area contributed by atoms with Crippen LogP contribution in [0, 0.1) is 64.6 Å². The molecule has 4 aliphatic carbocycles. The maximum atomic E-state index is 13.8. The number of carbonyl (C=O) groups excluding carboxylic acids is 9. The second kappa shape index (κ2) is 32.6. The smallest absolute Gasteiger partial charge is 0.350 e. The van der Waals surface area contributed by atoms with Crippen LogP contribution in [-0.4, -0.2) is 99.0 Å². The van der Waals surface area contributed by atoms with E-state index >= 15 is 0 Å². The fraction of sp³-hybridized carbons (Fsp3) is 0.639. The summed E-state index contributed by atoms with van der Waals surface area (Å²) in [5.41, 5.74) is -0.233. The molecule has 448 valence electrons. The number of rotatable bonds is 26.